The fraction of sp³-hybridized carbons (Fsp3) is 0.583. The van der Waals surface area contributed by atoms with E-state index in [2.05, 4.69) is 16.8 Å². The first kappa shape index (κ1) is 11.7. The van der Waals surface area contributed by atoms with E-state index >= 15 is 0 Å². The molecule has 2 N–H and O–H groups in total. The minimum Gasteiger partial charge on any atom is -0.366 e. The van der Waals surface area contributed by atoms with Gasteiger partial charge in [-0.2, -0.15) is 0 Å². The van der Waals surface area contributed by atoms with Crippen LogP contribution in [0.2, 0.25) is 5.02 Å². The number of hydrogen-bond donors (Lipinski definition) is 1. The average molecular weight is 240 g/mol. The molecule has 1 aromatic heterocycles. The molecule has 4 heteroatoms. The van der Waals surface area contributed by atoms with Crippen molar-refractivity contribution in [3.05, 3.63) is 23.5 Å². The normalized spacial score (nSPS) is 23.2. The number of halogens is 1. The van der Waals surface area contributed by atoms with E-state index in [0.717, 1.165) is 23.7 Å². The molecule has 0 amide bonds. The molecule has 88 valence electrons. The fourth-order valence-electron chi connectivity index (χ4n) is 2.40. The third-order valence-electron chi connectivity index (χ3n) is 3.22. The monoisotopic (exact) mass is 239 g/mol. The van der Waals surface area contributed by atoms with Gasteiger partial charge < -0.3 is 10.6 Å². The number of nitrogens with zero attached hydrogens (tertiary/aromatic N) is 2. The summed E-state index contributed by atoms with van der Waals surface area (Å²) >= 11 is 6.18. The molecule has 1 fully saturated rings. The lowest BCUT2D eigenvalue weighted by Gasteiger charge is -2.40. The molecule has 2 unspecified atom stereocenters. The van der Waals surface area contributed by atoms with Gasteiger partial charge in [-0.1, -0.05) is 11.6 Å². The zero-order chi connectivity index (χ0) is 11.5. The van der Waals surface area contributed by atoms with Crippen molar-refractivity contribution < 1.29 is 0 Å². The predicted molar refractivity (Wildman–Crippen MR) is 67.9 cm³/mol. The summed E-state index contributed by atoms with van der Waals surface area (Å²) in [4.78, 5) is 6.35. The van der Waals surface area contributed by atoms with Gasteiger partial charge in [-0.05, 0) is 32.3 Å². The van der Waals surface area contributed by atoms with Crippen molar-refractivity contribution in [1.82, 2.24) is 4.98 Å². The highest BCUT2D eigenvalue weighted by molar-refractivity contribution is 6.33. The Labute approximate surface area is 102 Å². The van der Waals surface area contributed by atoms with Gasteiger partial charge >= 0.3 is 0 Å². The van der Waals surface area contributed by atoms with Crippen LogP contribution in [0, 0.1) is 0 Å². The highest BCUT2D eigenvalue weighted by atomic mass is 35.5. The number of aromatic nitrogens is 1. The van der Waals surface area contributed by atoms with Crippen LogP contribution in [0.25, 0.3) is 0 Å². The molecule has 16 heavy (non-hydrogen) atoms. The molecule has 1 saturated heterocycles. The van der Waals surface area contributed by atoms with Gasteiger partial charge in [0.15, 0.2) is 0 Å². The van der Waals surface area contributed by atoms with Gasteiger partial charge in [0.25, 0.3) is 0 Å². The van der Waals surface area contributed by atoms with Gasteiger partial charge in [0.2, 0.25) is 0 Å². The molecule has 2 atom stereocenters. The third-order valence-corrected chi connectivity index (χ3v) is 3.51. The van der Waals surface area contributed by atoms with E-state index in [1.807, 2.05) is 6.07 Å². The molecule has 0 aromatic carbocycles. The maximum atomic E-state index is 6.18. The summed E-state index contributed by atoms with van der Waals surface area (Å²) < 4.78 is 0. The molecule has 1 aromatic rings. The summed E-state index contributed by atoms with van der Waals surface area (Å²) in [7, 11) is 0. The Balaban J connectivity index is 2.27. The van der Waals surface area contributed by atoms with Crippen molar-refractivity contribution in [1.29, 1.82) is 0 Å². The maximum Gasteiger partial charge on any atom is 0.0822 e. The molecular formula is C12H18ClN3. The number of rotatable bonds is 2. The molecule has 2 heterocycles. The molecule has 0 saturated carbocycles. The van der Waals surface area contributed by atoms with Crippen molar-refractivity contribution in [2.45, 2.75) is 38.3 Å². The van der Waals surface area contributed by atoms with Crippen LogP contribution in [0.4, 0.5) is 5.69 Å². The summed E-state index contributed by atoms with van der Waals surface area (Å²) in [5.41, 5.74) is 7.11. The molecular weight excluding hydrogens is 222 g/mol. The first-order valence-corrected chi connectivity index (χ1v) is 6.19. The van der Waals surface area contributed by atoms with Crippen LogP contribution in [0.15, 0.2) is 18.5 Å². The second-order valence-electron chi connectivity index (χ2n) is 4.44. The number of pyridine rings is 1. The average Bonchev–Trinajstić information content (AvgIpc) is 2.29. The van der Waals surface area contributed by atoms with Crippen LogP contribution < -0.4 is 10.6 Å². The van der Waals surface area contributed by atoms with Crippen LogP contribution >= 0.6 is 11.6 Å². The summed E-state index contributed by atoms with van der Waals surface area (Å²) in [6.07, 6.45) is 7.10. The molecule has 0 bridgehead atoms. The van der Waals surface area contributed by atoms with Gasteiger partial charge in [-0.25, -0.2) is 0 Å². The second-order valence-corrected chi connectivity index (χ2v) is 4.85. The van der Waals surface area contributed by atoms with Gasteiger partial charge in [0.05, 0.1) is 10.7 Å². The van der Waals surface area contributed by atoms with E-state index in [4.69, 9.17) is 17.3 Å². The molecule has 1 aliphatic rings. The SMILES string of the molecule is CC(N)C1CCCCN1c1ccncc1Cl. The standard InChI is InChI=1S/C12H18ClN3/c1-9(14)11-4-2-3-7-16(11)12-5-6-15-8-10(12)13/h5-6,8-9,11H,2-4,7,14H2,1H3. The number of anilines is 1. The van der Waals surface area contributed by atoms with Crippen LogP contribution in [0.3, 0.4) is 0 Å². The van der Waals surface area contributed by atoms with E-state index in [0.29, 0.717) is 6.04 Å². The Hall–Kier alpha value is -0.800. The lowest BCUT2D eigenvalue weighted by atomic mass is 9.96. The molecule has 3 nitrogen and oxygen atoms in total. The summed E-state index contributed by atoms with van der Waals surface area (Å²) in [5.74, 6) is 0. The molecule has 0 radical (unpaired) electrons. The smallest absolute Gasteiger partial charge is 0.0822 e. The number of hydrogen-bond acceptors (Lipinski definition) is 3. The Morgan fingerprint density at radius 1 is 1.56 bits per heavy atom. The van der Waals surface area contributed by atoms with Crippen molar-refractivity contribution >= 4 is 17.3 Å². The van der Waals surface area contributed by atoms with Crippen molar-refractivity contribution in [3.8, 4) is 0 Å². The molecule has 0 aliphatic carbocycles. The zero-order valence-electron chi connectivity index (χ0n) is 9.56. The summed E-state index contributed by atoms with van der Waals surface area (Å²) in [5, 5.41) is 0.718. The van der Waals surface area contributed by atoms with Gasteiger partial charge in [-0.3, -0.25) is 4.98 Å². The predicted octanol–water partition coefficient (Wildman–Crippen LogP) is 2.44. The van der Waals surface area contributed by atoms with E-state index in [1.54, 1.807) is 12.4 Å². The number of piperidine rings is 1. The molecule has 0 spiro atoms. The first-order chi connectivity index (χ1) is 7.70. The molecule has 2 rings (SSSR count). The lowest BCUT2D eigenvalue weighted by molar-refractivity contribution is 0.413. The van der Waals surface area contributed by atoms with Crippen LogP contribution in [-0.4, -0.2) is 23.6 Å². The van der Waals surface area contributed by atoms with E-state index in [9.17, 15) is 0 Å². The zero-order valence-corrected chi connectivity index (χ0v) is 10.3. The highest BCUT2D eigenvalue weighted by Gasteiger charge is 2.26. The maximum absolute atomic E-state index is 6.18. The largest absolute Gasteiger partial charge is 0.366 e. The van der Waals surface area contributed by atoms with Crippen LogP contribution in [0.5, 0.6) is 0 Å². The Kier molecular flexibility index (Phi) is 3.66. The van der Waals surface area contributed by atoms with Gasteiger partial charge in [0, 0.05) is 31.0 Å². The second kappa shape index (κ2) is 5.02. The van der Waals surface area contributed by atoms with Crippen molar-refractivity contribution in [3.63, 3.8) is 0 Å². The number of nitrogens with two attached hydrogens (primary N) is 1. The Bertz CT molecular complexity index is 354. The minimum atomic E-state index is 0.171. The Morgan fingerprint density at radius 3 is 3.06 bits per heavy atom. The van der Waals surface area contributed by atoms with E-state index < -0.39 is 0 Å². The van der Waals surface area contributed by atoms with Crippen LogP contribution in [0.1, 0.15) is 26.2 Å². The summed E-state index contributed by atoms with van der Waals surface area (Å²) in [6, 6.07) is 2.54. The van der Waals surface area contributed by atoms with Crippen molar-refractivity contribution in [2.24, 2.45) is 5.73 Å². The first-order valence-electron chi connectivity index (χ1n) is 5.82. The lowest BCUT2D eigenvalue weighted by Crippen LogP contribution is -2.49. The van der Waals surface area contributed by atoms with Gasteiger partial charge in [0.1, 0.15) is 0 Å². The highest BCUT2D eigenvalue weighted by Crippen LogP contribution is 2.30. The van der Waals surface area contributed by atoms with E-state index in [1.165, 1.54) is 12.8 Å². The minimum absolute atomic E-state index is 0.171. The van der Waals surface area contributed by atoms with Crippen molar-refractivity contribution in [2.75, 3.05) is 11.4 Å². The Morgan fingerprint density at radius 2 is 2.38 bits per heavy atom. The van der Waals surface area contributed by atoms with Gasteiger partial charge in [-0.15, -0.1) is 0 Å². The quantitative estimate of drug-likeness (QED) is 0.862. The summed E-state index contributed by atoms with van der Waals surface area (Å²) in [6.45, 7) is 3.11. The van der Waals surface area contributed by atoms with E-state index in [-0.39, 0.29) is 6.04 Å². The fourth-order valence-corrected chi connectivity index (χ4v) is 2.63. The van der Waals surface area contributed by atoms with Crippen LogP contribution in [-0.2, 0) is 0 Å². The third kappa shape index (κ3) is 2.30. The topological polar surface area (TPSA) is 42.1 Å². The molecule has 1 aliphatic heterocycles.